The third-order valence-corrected chi connectivity index (χ3v) is 4.52. The van der Waals surface area contributed by atoms with Gasteiger partial charge in [0.25, 0.3) is 5.91 Å². The molecule has 3 rings (SSSR count). The lowest BCUT2D eigenvalue weighted by Crippen LogP contribution is -2.11. The van der Waals surface area contributed by atoms with E-state index >= 15 is 0 Å². The number of aryl methyl sites for hydroxylation is 1. The number of hydrogen-bond donors (Lipinski definition) is 2. The van der Waals surface area contributed by atoms with Gasteiger partial charge in [0.15, 0.2) is 0 Å². The molecule has 106 valence electrons. The van der Waals surface area contributed by atoms with E-state index in [1.54, 1.807) is 37.3 Å². The fourth-order valence-electron chi connectivity index (χ4n) is 2.23. The van der Waals surface area contributed by atoms with Gasteiger partial charge in [0.2, 0.25) is 0 Å². The quantitative estimate of drug-likeness (QED) is 0.693. The number of aromatic hydroxyl groups is 1. The highest BCUT2D eigenvalue weighted by Gasteiger charge is 2.18. The van der Waals surface area contributed by atoms with Crippen LogP contribution >= 0.6 is 11.3 Å². The maximum absolute atomic E-state index is 13.8. The van der Waals surface area contributed by atoms with E-state index in [0.29, 0.717) is 21.5 Å². The van der Waals surface area contributed by atoms with Crippen LogP contribution in [-0.4, -0.2) is 11.0 Å². The summed E-state index contributed by atoms with van der Waals surface area (Å²) in [4.78, 5) is 12.8. The van der Waals surface area contributed by atoms with Crippen molar-refractivity contribution >= 4 is 33.0 Å². The molecule has 1 amide bonds. The standard InChI is InChI=1S/C16H12FNO2S/c1-9-14-10(17)5-4-8-13(14)21-15(9)16(20)18-11-6-2-3-7-12(11)19/h2-8,19H,1H3,(H,18,20). The van der Waals surface area contributed by atoms with Crippen LogP contribution in [0.25, 0.3) is 10.1 Å². The molecule has 5 heteroatoms. The van der Waals surface area contributed by atoms with Gasteiger partial charge < -0.3 is 10.4 Å². The van der Waals surface area contributed by atoms with Crippen LogP contribution in [0.5, 0.6) is 5.75 Å². The van der Waals surface area contributed by atoms with E-state index in [0.717, 1.165) is 4.70 Å². The number of fused-ring (bicyclic) bond motifs is 1. The van der Waals surface area contributed by atoms with Gasteiger partial charge in [-0.15, -0.1) is 11.3 Å². The zero-order chi connectivity index (χ0) is 15.0. The maximum atomic E-state index is 13.8. The first-order valence-electron chi connectivity index (χ1n) is 6.35. The summed E-state index contributed by atoms with van der Waals surface area (Å²) in [5, 5.41) is 12.8. The minimum absolute atomic E-state index is 0.00389. The predicted octanol–water partition coefficient (Wildman–Crippen LogP) is 4.31. The van der Waals surface area contributed by atoms with Crippen LogP contribution in [0.1, 0.15) is 15.2 Å². The molecule has 0 fully saturated rings. The molecule has 0 saturated heterocycles. The average molecular weight is 301 g/mol. The minimum Gasteiger partial charge on any atom is -0.506 e. The number of phenolic OH excluding ortho intramolecular Hbond substituents is 1. The van der Waals surface area contributed by atoms with Gasteiger partial charge >= 0.3 is 0 Å². The summed E-state index contributed by atoms with van der Waals surface area (Å²) in [5.41, 5.74) is 0.945. The molecule has 0 bridgehead atoms. The first-order valence-corrected chi connectivity index (χ1v) is 7.16. The number of carbonyl (C=O) groups excluding carboxylic acids is 1. The summed E-state index contributed by atoms with van der Waals surface area (Å²) < 4.78 is 14.6. The highest BCUT2D eigenvalue weighted by molar-refractivity contribution is 7.21. The van der Waals surface area contributed by atoms with Crippen molar-refractivity contribution in [2.24, 2.45) is 0 Å². The molecule has 3 nitrogen and oxygen atoms in total. The normalized spacial score (nSPS) is 10.8. The third-order valence-electron chi connectivity index (χ3n) is 3.26. The molecule has 21 heavy (non-hydrogen) atoms. The second-order valence-corrected chi connectivity index (χ2v) is 5.69. The summed E-state index contributed by atoms with van der Waals surface area (Å²) in [6.07, 6.45) is 0. The molecule has 0 spiro atoms. The maximum Gasteiger partial charge on any atom is 0.266 e. The highest BCUT2D eigenvalue weighted by Crippen LogP contribution is 2.33. The van der Waals surface area contributed by atoms with Crippen molar-refractivity contribution in [2.45, 2.75) is 6.92 Å². The Hall–Kier alpha value is -2.40. The van der Waals surface area contributed by atoms with Gasteiger partial charge in [-0.1, -0.05) is 18.2 Å². The van der Waals surface area contributed by atoms with Crippen molar-refractivity contribution in [1.29, 1.82) is 0 Å². The van der Waals surface area contributed by atoms with Gasteiger partial charge in [0.1, 0.15) is 11.6 Å². The van der Waals surface area contributed by atoms with Crippen LogP contribution < -0.4 is 5.32 Å². The van der Waals surface area contributed by atoms with E-state index in [2.05, 4.69) is 5.32 Å². The lowest BCUT2D eigenvalue weighted by atomic mass is 10.1. The lowest BCUT2D eigenvalue weighted by Gasteiger charge is -2.06. The second-order valence-electron chi connectivity index (χ2n) is 4.64. The van der Waals surface area contributed by atoms with Crippen molar-refractivity contribution in [3.05, 3.63) is 58.7 Å². The number of para-hydroxylation sites is 2. The van der Waals surface area contributed by atoms with Gasteiger partial charge in [-0.25, -0.2) is 4.39 Å². The Bertz CT molecular complexity index is 841. The van der Waals surface area contributed by atoms with Crippen LogP contribution in [-0.2, 0) is 0 Å². The molecule has 2 N–H and O–H groups in total. The number of thiophene rings is 1. The molecule has 1 aromatic heterocycles. The summed E-state index contributed by atoms with van der Waals surface area (Å²) in [7, 11) is 0. The van der Waals surface area contributed by atoms with Gasteiger partial charge in [-0.2, -0.15) is 0 Å². The number of hydrogen-bond acceptors (Lipinski definition) is 3. The fraction of sp³-hybridized carbons (Fsp3) is 0.0625. The second kappa shape index (κ2) is 5.18. The Labute approximate surface area is 124 Å². The summed E-state index contributed by atoms with van der Waals surface area (Å²) in [6.45, 7) is 1.72. The van der Waals surface area contributed by atoms with E-state index in [-0.39, 0.29) is 17.5 Å². The van der Waals surface area contributed by atoms with E-state index in [4.69, 9.17) is 0 Å². The Kier molecular flexibility index (Phi) is 3.35. The molecule has 0 aliphatic heterocycles. The first-order chi connectivity index (χ1) is 10.1. The SMILES string of the molecule is Cc1c(C(=O)Nc2ccccc2O)sc2cccc(F)c12. The predicted molar refractivity (Wildman–Crippen MR) is 82.6 cm³/mol. The van der Waals surface area contributed by atoms with Crippen LogP contribution in [0.15, 0.2) is 42.5 Å². The molecule has 0 unspecified atom stereocenters. The van der Waals surface area contributed by atoms with Crippen LogP contribution in [0.2, 0.25) is 0 Å². The zero-order valence-electron chi connectivity index (χ0n) is 11.2. The number of nitrogens with one attached hydrogen (secondary N) is 1. The van der Waals surface area contributed by atoms with E-state index in [9.17, 15) is 14.3 Å². The van der Waals surface area contributed by atoms with Gasteiger partial charge in [-0.3, -0.25) is 4.79 Å². The molecule has 0 saturated carbocycles. The summed E-state index contributed by atoms with van der Waals surface area (Å²) >= 11 is 1.24. The van der Waals surface area contributed by atoms with E-state index < -0.39 is 0 Å². The van der Waals surface area contributed by atoms with E-state index in [1.807, 2.05) is 0 Å². The molecular weight excluding hydrogens is 289 g/mol. The van der Waals surface area contributed by atoms with Crippen molar-refractivity contribution in [3.63, 3.8) is 0 Å². The van der Waals surface area contributed by atoms with Crippen molar-refractivity contribution in [1.82, 2.24) is 0 Å². The van der Waals surface area contributed by atoms with Crippen LogP contribution in [0, 0.1) is 12.7 Å². The number of rotatable bonds is 2. The molecule has 0 aliphatic carbocycles. The molecule has 0 atom stereocenters. The van der Waals surface area contributed by atoms with E-state index in [1.165, 1.54) is 23.5 Å². The van der Waals surface area contributed by atoms with Crippen molar-refractivity contribution in [3.8, 4) is 5.75 Å². The zero-order valence-corrected chi connectivity index (χ0v) is 12.0. The number of amides is 1. The Morgan fingerprint density at radius 1 is 1.19 bits per heavy atom. The monoisotopic (exact) mass is 301 g/mol. The molecule has 2 aromatic carbocycles. The van der Waals surface area contributed by atoms with Crippen LogP contribution in [0.4, 0.5) is 10.1 Å². The van der Waals surface area contributed by atoms with Gasteiger partial charge in [-0.05, 0) is 36.8 Å². The third kappa shape index (κ3) is 2.36. The lowest BCUT2D eigenvalue weighted by molar-refractivity contribution is 0.102. The number of carbonyl (C=O) groups is 1. The van der Waals surface area contributed by atoms with Crippen LogP contribution in [0.3, 0.4) is 0 Å². The smallest absolute Gasteiger partial charge is 0.266 e. The Morgan fingerprint density at radius 3 is 2.67 bits per heavy atom. The number of anilines is 1. The molecule has 0 radical (unpaired) electrons. The Morgan fingerprint density at radius 2 is 1.95 bits per heavy atom. The summed E-state index contributed by atoms with van der Waals surface area (Å²) in [6, 6.07) is 11.3. The first kappa shape index (κ1) is 13.6. The average Bonchev–Trinajstić information content (AvgIpc) is 2.80. The van der Waals surface area contributed by atoms with Gasteiger partial charge in [0.05, 0.1) is 10.6 Å². The van der Waals surface area contributed by atoms with Gasteiger partial charge in [0, 0.05) is 10.1 Å². The molecule has 0 aliphatic rings. The van der Waals surface area contributed by atoms with Crippen molar-refractivity contribution < 1.29 is 14.3 Å². The minimum atomic E-state index is -0.352. The highest BCUT2D eigenvalue weighted by atomic mass is 32.1. The number of halogens is 1. The largest absolute Gasteiger partial charge is 0.506 e. The number of benzene rings is 2. The Balaban J connectivity index is 2.01. The topological polar surface area (TPSA) is 49.3 Å². The molecular formula is C16H12FNO2S. The fourth-order valence-corrected chi connectivity index (χ4v) is 3.35. The molecule has 3 aromatic rings. The summed E-state index contributed by atoms with van der Waals surface area (Å²) in [5.74, 6) is -0.687. The van der Waals surface area contributed by atoms with Crippen molar-refractivity contribution in [2.75, 3.05) is 5.32 Å². The molecule has 1 heterocycles. The number of phenols is 1.